The number of nitrogens with zero attached hydrogens (tertiary/aromatic N) is 3. The second-order valence-corrected chi connectivity index (χ2v) is 7.78. The summed E-state index contributed by atoms with van der Waals surface area (Å²) in [6.07, 6.45) is 1.30. The van der Waals surface area contributed by atoms with E-state index in [4.69, 9.17) is 16.3 Å². The molecule has 3 heterocycles. The molecule has 0 radical (unpaired) electrons. The molecule has 0 unspecified atom stereocenters. The van der Waals surface area contributed by atoms with Crippen LogP contribution in [-0.4, -0.2) is 14.8 Å². The van der Waals surface area contributed by atoms with E-state index in [9.17, 15) is 0 Å². The van der Waals surface area contributed by atoms with E-state index in [1.54, 1.807) is 6.33 Å². The molecule has 0 spiro atoms. The Morgan fingerprint density at radius 1 is 0.900 bits per heavy atom. The van der Waals surface area contributed by atoms with Crippen molar-refractivity contribution in [3.05, 3.63) is 112 Å². The second-order valence-electron chi connectivity index (χ2n) is 7.35. The Morgan fingerprint density at radius 3 is 2.40 bits per heavy atom. The monoisotopic (exact) mass is 412 g/mol. The van der Waals surface area contributed by atoms with Gasteiger partial charge in [0, 0.05) is 16.2 Å². The van der Waals surface area contributed by atoms with E-state index in [-0.39, 0.29) is 12.1 Å². The van der Waals surface area contributed by atoms with Gasteiger partial charge in [0.2, 0.25) is 5.95 Å². The van der Waals surface area contributed by atoms with Crippen molar-refractivity contribution in [3.63, 3.8) is 0 Å². The van der Waals surface area contributed by atoms with Crippen LogP contribution in [0.2, 0.25) is 5.02 Å². The van der Waals surface area contributed by atoms with Crippen molar-refractivity contribution in [2.24, 2.45) is 0 Å². The summed E-state index contributed by atoms with van der Waals surface area (Å²) in [5.41, 5.74) is 5.19. The van der Waals surface area contributed by atoms with Crippen molar-refractivity contribution in [1.82, 2.24) is 14.8 Å². The third-order valence-corrected chi connectivity index (χ3v) is 5.83. The summed E-state index contributed by atoms with van der Waals surface area (Å²) in [6.45, 7) is 0. The van der Waals surface area contributed by atoms with Gasteiger partial charge >= 0.3 is 0 Å². The number of ether oxygens (including phenoxy) is 1. The maximum Gasteiger partial charge on any atom is 0.226 e. The van der Waals surface area contributed by atoms with Gasteiger partial charge in [-0.3, -0.25) is 0 Å². The van der Waals surface area contributed by atoms with Gasteiger partial charge in [-0.25, -0.2) is 4.68 Å². The highest BCUT2D eigenvalue weighted by Gasteiger charge is 2.40. The molecule has 0 fully saturated rings. The normalized spacial score (nSPS) is 19.2. The molecular weight excluding hydrogens is 396 g/mol. The van der Waals surface area contributed by atoms with Crippen molar-refractivity contribution in [3.8, 4) is 5.75 Å². The second kappa shape index (κ2) is 6.75. The molecule has 30 heavy (non-hydrogen) atoms. The topological polar surface area (TPSA) is 52.0 Å². The summed E-state index contributed by atoms with van der Waals surface area (Å²) in [5, 5.41) is 8.69. The average molecular weight is 413 g/mol. The Labute approximate surface area is 178 Å². The number of hydrogen-bond donors (Lipinski definition) is 1. The largest absolute Gasteiger partial charge is 0.480 e. The first-order valence-electron chi connectivity index (χ1n) is 9.76. The molecule has 3 aromatic carbocycles. The van der Waals surface area contributed by atoms with Gasteiger partial charge in [0.1, 0.15) is 24.2 Å². The number of aromatic nitrogens is 3. The number of hydrogen-bond acceptors (Lipinski definition) is 4. The number of anilines is 1. The van der Waals surface area contributed by atoms with Crippen LogP contribution in [0.15, 0.2) is 90.8 Å². The molecule has 5 nitrogen and oxygen atoms in total. The minimum Gasteiger partial charge on any atom is -0.480 e. The van der Waals surface area contributed by atoms with E-state index in [0.29, 0.717) is 11.0 Å². The quantitative estimate of drug-likeness (QED) is 0.473. The number of nitrogens with one attached hydrogen (secondary N) is 1. The number of benzene rings is 3. The maximum absolute atomic E-state index is 6.57. The van der Waals surface area contributed by atoms with Crippen molar-refractivity contribution in [1.29, 1.82) is 0 Å². The summed E-state index contributed by atoms with van der Waals surface area (Å²) in [4.78, 5) is 4.45. The lowest BCUT2D eigenvalue weighted by Gasteiger charge is -2.39. The third-order valence-electron chi connectivity index (χ3n) is 5.59. The fourth-order valence-corrected chi connectivity index (χ4v) is 4.47. The Hall–Kier alpha value is -3.57. The molecule has 2 aliphatic rings. The van der Waals surface area contributed by atoms with Crippen molar-refractivity contribution in [2.75, 3.05) is 5.32 Å². The van der Waals surface area contributed by atoms with Crippen LogP contribution in [0, 0.1) is 0 Å². The molecular formula is C24H17ClN4O. The minimum atomic E-state index is -0.273. The van der Waals surface area contributed by atoms with E-state index in [2.05, 4.69) is 39.7 Å². The molecule has 0 saturated heterocycles. The molecule has 2 atom stereocenters. The molecule has 1 aromatic heterocycles. The van der Waals surface area contributed by atoms with E-state index in [1.807, 2.05) is 59.3 Å². The number of rotatable bonds is 2. The van der Waals surface area contributed by atoms with Gasteiger partial charge in [-0.1, -0.05) is 72.3 Å². The van der Waals surface area contributed by atoms with E-state index < -0.39 is 0 Å². The molecule has 2 aliphatic heterocycles. The zero-order chi connectivity index (χ0) is 20.1. The lowest BCUT2D eigenvalue weighted by Crippen LogP contribution is -2.32. The Morgan fingerprint density at radius 2 is 1.63 bits per heavy atom. The summed E-state index contributed by atoms with van der Waals surface area (Å²) in [6, 6.07) is 26.2. The lowest BCUT2D eigenvalue weighted by molar-refractivity contribution is 0.223. The van der Waals surface area contributed by atoms with Gasteiger partial charge in [0.05, 0.1) is 5.70 Å². The minimum absolute atomic E-state index is 0.155. The third kappa shape index (κ3) is 2.63. The predicted molar refractivity (Wildman–Crippen MR) is 116 cm³/mol. The van der Waals surface area contributed by atoms with Crippen LogP contribution in [0.3, 0.4) is 0 Å². The SMILES string of the molecule is Clc1ccc2c(c1)C1=C([C@H](c3ccccc3)O2)[C@@H](c2ccccc2)n2ncnc2N1. The van der Waals surface area contributed by atoms with Crippen LogP contribution in [0.4, 0.5) is 5.95 Å². The zero-order valence-electron chi connectivity index (χ0n) is 15.9. The Kier molecular flexibility index (Phi) is 3.89. The fraction of sp³-hybridized carbons (Fsp3) is 0.0833. The standard InChI is InChI=1S/C24H17ClN4O/c25-17-11-12-19-18(13-17)21-20(23(30-19)16-9-5-2-6-10-16)22(15-7-3-1-4-8-15)29-24(28-21)26-14-27-29/h1-14,22-23H,(H,26,27,28)/t22-,23+/m1/s1. The van der Waals surface area contributed by atoms with E-state index >= 15 is 0 Å². The van der Waals surface area contributed by atoms with Crippen LogP contribution in [-0.2, 0) is 0 Å². The van der Waals surface area contributed by atoms with Gasteiger partial charge in [-0.2, -0.15) is 10.1 Å². The summed E-state index contributed by atoms with van der Waals surface area (Å²) >= 11 is 6.35. The summed E-state index contributed by atoms with van der Waals surface area (Å²) < 4.78 is 8.49. The molecule has 146 valence electrons. The van der Waals surface area contributed by atoms with Crippen LogP contribution >= 0.6 is 11.6 Å². The van der Waals surface area contributed by atoms with Crippen molar-refractivity contribution >= 4 is 23.2 Å². The van der Waals surface area contributed by atoms with Gasteiger partial charge in [-0.05, 0) is 29.3 Å². The van der Waals surface area contributed by atoms with Gasteiger partial charge in [0.15, 0.2) is 0 Å². The first kappa shape index (κ1) is 17.3. The highest BCUT2D eigenvalue weighted by atomic mass is 35.5. The highest BCUT2D eigenvalue weighted by molar-refractivity contribution is 6.30. The first-order valence-corrected chi connectivity index (χ1v) is 10.1. The predicted octanol–water partition coefficient (Wildman–Crippen LogP) is 5.49. The smallest absolute Gasteiger partial charge is 0.226 e. The van der Waals surface area contributed by atoms with Crippen molar-refractivity contribution in [2.45, 2.75) is 12.1 Å². The zero-order valence-corrected chi connectivity index (χ0v) is 16.6. The Bertz CT molecular complexity index is 1270. The van der Waals surface area contributed by atoms with Crippen LogP contribution in [0.25, 0.3) is 5.70 Å². The lowest BCUT2D eigenvalue weighted by atomic mass is 9.84. The Balaban J connectivity index is 1.65. The first-order chi connectivity index (χ1) is 14.8. The average Bonchev–Trinajstić information content (AvgIpc) is 3.27. The molecule has 0 amide bonds. The molecule has 6 rings (SSSR count). The fourth-order valence-electron chi connectivity index (χ4n) is 4.30. The highest BCUT2D eigenvalue weighted by Crippen LogP contribution is 2.50. The summed E-state index contributed by atoms with van der Waals surface area (Å²) in [5.74, 6) is 1.49. The molecule has 1 N–H and O–H groups in total. The molecule has 0 saturated carbocycles. The van der Waals surface area contributed by atoms with Gasteiger partial charge in [0.25, 0.3) is 0 Å². The van der Waals surface area contributed by atoms with Crippen LogP contribution < -0.4 is 10.1 Å². The van der Waals surface area contributed by atoms with Crippen LogP contribution in [0.5, 0.6) is 5.75 Å². The van der Waals surface area contributed by atoms with Crippen LogP contribution in [0.1, 0.15) is 28.8 Å². The van der Waals surface area contributed by atoms with Gasteiger partial charge in [-0.15, -0.1) is 0 Å². The molecule has 0 aliphatic carbocycles. The molecule has 6 heteroatoms. The number of fused-ring (bicyclic) bond motifs is 3. The maximum atomic E-state index is 6.57. The van der Waals surface area contributed by atoms with E-state index in [0.717, 1.165) is 33.7 Å². The summed E-state index contributed by atoms with van der Waals surface area (Å²) in [7, 11) is 0. The van der Waals surface area contributed by atoms with E-state index in [1.165, 1.54) is 0 Å². The molecule has 0 bridgehead atoms. The number of halogens is 1. The van der Waals surface area contributed by atoms with Crippen molar-refractivity contribution < 1.29 is 4.74 Å². The van der Waals surface area contributed by atoms with Gasteiger partial charge < -0.3 is 10.1 Å². The molecule has 4 aromatic rings.